The fourth-order valence-electron chi connectivity index (χ4n) is 1.06. The van der Waals surface area contributed by atoms with Crippen molar-refractivity contribution in [2.75, 3.05) is 18.9 Å². The highest BCUT2D eigenvalue weighted by Crippen LogP contribution is 2.23. The molecule has 1 rings (SSSR count). The summed E-state index contributed by atoms with van der Waals surface area (Å²) in [4.78, 5) is 22.9. The van der Waals surface area contributed by atoms with E-state index in [1.54, 1.807) is 0 Å². The van der Waals surface area contributed by atoms with E-state index >= 15 is 0 Å². The molecule has 0 aliphatic carbocycles. The van der Waals surface area contributed by atoms with Gasteiger partial charge < -0.3 is 10.0 Å². The zero-order valence-electron chi connectivity index (χ0n) is 8.81. The van der Waals surface area contributed by atoms with Gasteiger partial charge >= 0.3 is 12.0 Å². The molecule has 0 saturated carbocycles. The molecule has 0 unspecified atom stereocenters. The Morgan fingerprint density at radius 3 is 2.76 bits per heavy atom. The number of rotatable bonds is 4. The number of alkyl halides is 2. The minimum Gasteiger partial charge on any atom is -0.478 e. The number of nitrogens with one attached hydrogen (secondary N) is 1. The quantitative estimate of drug-likeness (QED) is 0.875. The molecule has 1 aromatic rings. The molecule has 0 fully saturated rings. The van der Waals surface area contributed by atoms with Crippen LogP contribution in [0.3, 0.4) is 0 Å². The molecule has 17 heavy (non-hydrogen) atoms. The predicted octanol–water partition coefficient (Wildman–Crippen LogP) is 2.18. The van der Waals surface area contributed by atoms with Crippen molar-refractivity contribution >= 4 is 28.3 Å². The molecule has 5 nitrogen and oxygen atoms in total. The predicted molar refractivity (Wildman–Crippen MR) is 58.9 cm³/mol. The van der Waals surface area contributed by atoms with Crippen LogP contribution in [0.25, 0.3) is 0 Å². The van der Waals surface area contributed by atoms with Gasteiger partial charge in [0, 0.05) is 7.05 Å². The van der Waals surface area contributed by atoms with E-state index < -0.39 is 25.0 Å². The van der Waals surface area contributed by atoms with Crippen molar-refractivity contribution in [3.05, 3.63) is 17.0 Å². The first-order valence-electron chi connectivity index (χ1n) is 4.53. The van der Waals surface area contributed by atoms with Gasteiger partial charge in [0.1, 0.15) is 5.00 Å². The van der Waals surface area contributed by atoms with Gasteiger partial charge in [-0.1, -0.05) is 0 Å². The molecular weight excluding hydrogens is 254 g/mol. The van der Waals surface area contributed by atoms with E-state index in [1.807, 2.05) is 0 Å². The van der Waals surface area contributed by atoms with E-state index in [2.05, 4.69) is 5.32 Å². The van der Waals surface area contributed by atoms with Gasteiger partial charge in [0.15, 0.2) is 0 Å². The summed E-state index contributed by atoms with van der Waals surface area (Å²) in [6.45, 7) is -0.709. The Bertz CT molecular complexity index is 422. The summed E-state index contributed by atoms with van der Waals surface area (Å²) in [6, 6.07) is 0.561. The Labute approximate surface area is 99.7 Å². The average Bonchev–Trinajstić information content (AvgIpc) is 2.64. The van der Waals surface area contributed by atoms with Crippen molar-refractivity contribution in [2.24, 2.45) is 0 Å². The first kappa shape index (κ1) is 13.4. The largest absolute Gasteiger partial charge is 0.478 e. The third-order valence-electron chi connectivity index (χ3n) is 1.87. The van der Waals surface area contributed by atoms with Crippen LogP contribution in [-0.2, 0) is 0 Å². The number of hydrogen-bond donors (Lipinski definition) is 2. The molecule has 2 amide bonds. The summed E-state index contributed by atoms with van der Waals surface area (Å²) in [5.41, 5.74) is -0.0613. The van der Waals surface area contributed by atoms with Gasteiger partial charge in [-0.05, 0) is 11.4 Å². The van der Waals surface area contributed by atoms with Crippen LogP contribution >= 0.6 is 11.3 Å². The Kier molecular flexibility index (Phi) is 4.38. The summed E-state index contributed by atoms with van der Waals surface area (Å²) < 4.78 is 24.0. The van der Waals surface area contributed by atoms with Gasteiger partial charge in [0.2, 0.25) is 0 Å². The summed E-state index contributed by atoms with van der Waals surface area (Å²) in [7, 11) is 1.20. The van der Waals surface area contributed by atoms with Gasteiger partial charge in [0.25, 0.3) is 6.43 Å². The molecular formula is C9H10F2N2O3S. The second-order valence-electron chi connectivity index (χ2n) is 3.17. The maximum Gasteiger partial charge on any atom is 0.338 e. The van der Waals surface area contributed by atoms with E-state index in [9.17, 15) is 18.4 Å². The summed E-state index contributed by atoms with van der Waals surface area (Å²) in [5.74, 6) is -1.18. The van der Waals surface area contributed by atoms with Gasteiger partial charge in [0.05, 0.1) is 12.1 Å². The zero-order chi connectivity index (χ0) is 13.0. The fraction of sp³-hybridized carbons (Fsp3) is 0.333. The average molecular weight is 264 g/mol. The fourth-order valence-corrected chi connectivity index (χ4v) is 1.83. The van der Waals surface area contributed by atoms with Crippen LogP contribution < -0.4 is 5.32 Å². The number of amides is 2. The number of anilines is 1. The highest BCUT2D eigenvalue weighted by Gasteiger charge is 2.18. The first-order valence-corrected chi connectivity index (χ1v) is 5.41. The van der Waals surface area contributed by atoms with Crippen LogP contribution in [0.2, 0.25) is 0 Å². The number of hydrogen-bond acceptors (Lipinski definition) is 3. The monoisotopic (exact) mass is 264 g/mol. The Morgan fingerprint density at radius 1 is 1.59 bits per heavy atom. The Balaban J connectivity index is 2.68. The van der Waals surface area contributed by atoms with Crippen molar-refractivity contribution in [2.45, 2.75) is 6.43 Å². The molecule has 0 saturated heterocycles. The van der Waals surface area contributed by atoms with E-state index in [1.165, 1.54) is 18.5 Å². The molecule has 94 valence electrons. The Hall–Kier alpha value is -1.70. The smallest absolute Gasteiger partial charge is 0.338 e. The summed E-state index contributed by atoms with van der Waals surface area (Å²) in [6.07, 6.45) is -2.63. The number of nitrogens with zero attached hydrogens (tertiary/aromatic N) is 1. The molecule has 1 heterocycles. The standard InChI is InChI=1S/C9H10F2N2O3S/c1-13(4-6(10)11)9(16)12-7-5(8(14)15)2-3-17-7/h2-3,6H,4H2,1H3,(H,12,16)(H,14,15). The second kappa shape index (κ2) is 5.58. The minimum atomic E-state index is -2.63. The van der Waals surface area contributed by atoms with Crippen LogP contribution in [0.15, 0.2) is 11.4 Å². The summed E-state index contributed by atoms with van der Waals surface area (Å²) >= 11 is 1.02. The maximum atomic E-state index is 12.0. The van der Waals surface area contributed by atoms with Gasteiger partial charge in [-0.25, -0.2) is 18.4 Å². The maximum absolute atomic E-state index is 12.0. The topological polar surface area (TPSA) is 69.6 Å². The lowest BCUT2D eigenvalue weighted by Crippen LogP contribution is -2.35. The third-order valence-corrected chi connectivity index (χ3v) is 2.70. The normalized spacial score (nSPS) is 10.4. The second-order valence-corrected chi connectivity index (χ2v) is 4.09. The number of carboxylic acid groups (broad SMARTS) is 1. The number of carboxylic acids is 1. The first-order chi connectivity index (χ1) is 7.91. The van der Waals surface area contributed by atoms with E-state index in [4.69, 9.17) is 5.11 Å². The summed E-state index contributed by atoms with van der Waals surface area (Å²) in [5, 5.41) is 12.7. The molecule has 0 aliphatic rings. The van der Waals surface area contributed by atoms with Crippen molar-refractivity contribution in [1.29, 1.82) is 0 Å². The molecule has 0 aliphatic heterocycles. The molecule has 0 spiro atoms. The van der Waals surface area contributed by atoms with Gasteiger partial charge in [-0.3, -0.25) is 5.32 Å². The third kappa shape index (κ3) is 3.66. The number of carbonyl (C=O) groups is 2. The van der Waals surface area contributed by atoms with Crippen LogP contribution in [-0.4, -0.2) is 42.0 Å². The molecule has 0 aromatic carbocycles. The molecule has 0 bridgehead atoms. The Morgan fingerprint density at radius 2 is 2.24 bits per heavy atom. The van der Waals surface area contributed by atoms with Crippen molar-refractivity contribution in [3.8, 4) is 0 Å². The van der Waals surface area contributed by atoms with Crippen LogP contribution in [0, 0.1) is 0 Å². The van der Waals surface area contributed by atoms with Gasteiger partial charge in [-0.15, -0.1) is 11.3 Å². The van der Waals surface area contributed by atoms with Gasteiger partial charge in [-0.2, -0.15) is 0 Å². The lowest BCUT2D eigenvalue weighted by Gasteiger charge is -2.16. The highest BCUT2D eigenvalue weighted by atomic mass is 32.1. The highest BCUT2D eigenvalue weighted by molar-refractivity contribution is 7.14. The van der Waals surface area contributed by atoms with Crippen LogP contribution in [0.4, 0.5) is 18.6 Å². The SMILES string of the molecule is CN(CC(F)F)C(=O)Nc1sccc1C(=O)O. The van der Waals surface area contributed by atoms with Crippen molar-refractivity contribution in [3.63, 3.8) is 0 Å². The van der Waals surface area contributed by atoms with Crippen molar-refractivity contribution < 1.29 is 23.5 Å². The number of thiophene rings is 1. The number of aromatic carboxylic acids is 1. The lowest BCUT2D eigenvalue weighted by molar-refractivity contribution is 0.0698. The lowest BCUT2D eigenvalue weighted by atomic mass is 10.3. The van der Waals surface area contributed by atoms with E-state index in [0.717, 1.165) is 16.2 Å². The minimum absolute atomic E-state index is 0.0613. The molecule has 0 radical (unpaired) electrons. The molecule has 1 aromatic heterocycles. The number of urea groups is 1. The van der Waals surface area contributed by atoms with E-state index in [-0.39, 0.29) is 10.6 Å². The molecule has 0 atom stereocenters. The number of carbonyl (C=O) groups excluding carboxylic acids is 1. The number of halogens is 2. The van der Waals surface area contributed by atoms with E-state index in [0.29, 0.717) is 0 Å². The molecule has 2 N–H and O–H groups in total. The molecule has 8 heteroatoms. The van der Waals surface area contributed by atoms with Crippen LogP contribution in [0.5, 0.6) is 0 Å². The zero-order valence-corrected chi connectivity index (χ0v) is 9.63. The van der Waals surface area contributed by atoms with Crippen molar-refractivity contribution in [1.82, 2.24) is 4.90 Å². The van der Waals surface area contributed by atoms with Crippen LogP contribution in [0.1, 0.15) is 10.4 Å².